The summed E-state index contributed by atoms with van der Waals surface area (Å²) < 4.78 is 5.75. The minimum absolute atomic E-state index is 0.0330. The quantitative estimate of drug-likeness (QED) is 0.778. The second kappa shape index (κ2) is 8.44. The third-order valence-corrected chi connectivity index (χ3v) is 4.12. The van der Waals surface area contributed by atoms with Crippen molar-refractivity contribution in [2.75, 3.05) is 13.2 Å². The summed E-state index contributed by atoms with van der Waals surface area (Å²) in [7, 11) is 0. The molecule has 1 aliphatic carbocycles. The number of nitrogens with zero attached hydrogens (tertiary/aromatic N) is 2. The van der Waals surface area contributed by atoms with Crippen LogP contribution < -0.4 is 5.32 Å². The van der Waals surface area contributed by atoms with Crippen LogP contribution in [0.2, 0.25) is 0 Å². The minimum Gasteiger partial charge on any atom is -0.371 e. The Hall–Kier alpha value is -1.00. The highest BCUT2D eigenvalue weighted by molar-refractivity contribution is 5.24. The lowest BCUT2D eigenvalue weighted by Gasteiger charge is -2.20. The van der Waals surface area contributed by atoms with Crippen molar-refractivity contribution in [1.29, 1.82) is 0 Å². The predicted molar refractivity (Wildman–Crippen MR) is 85.3 cm³/mol. The zero-order chi connectivity index (χ0) is 15.1. The molecule has 0 bridgehead atoms. The summed E-state index contributed by atoms with van der Waals surface area (Å²) in [6.07, 6.45) is 8.89. The molecule has 1 aromatic heterocycles. The molecule has 2 unspecified atom stereocenters. The molecular formula is C17H29N3O. The number of nitrogens with one attached hydrogen (secondary N) is 1. The molecule has 118 valence electrons. The fourth-order valence-corrected chi connectivity index (χ4v) is 2.99. The molecule has 0 radical (unpaired) electrons. The molecule has 0 fully saturated rings. The van der Waals surface area contributed by atoms with Gasteiger partial charge in [0.1, 0.15) is 6.10 Å². The molecular weight excluding hydrogens is 262 g/mol. The van der Waals surface area contributed by atoms with E-state index in [9.17, 15) is 0 Å². The van der Waals surface area contributed by atoms with E-state index in [2.05, 4.69) is 24.1 Å². The Morgan fingerprint density at radius 2 is 2.19 bits per heavy atom. The molecule has 4 heteroatoms. The summed E-state index contributed by atoms with van der Waals surface area (Å²) in [5.74, 6) is 0.856. The number of rotatable bonds is 7. The minimum atomic E-state index is 0.0330. The van der Waals surface area contributed by atoms with Crippen molar-refractivity contribution in [3.63, 3.8) is 0 Å². The maximum atomic E-state index is 5.75. The molecule has 0 saturated carbocycles. The number of hydrogen-bond acceptors (Lipinski definition) is 4. The molecule has 1 heterocycles. The largest absolute Gasteiger partial charge is 0.371 e. The Kier molecular flexibility index (Phi) is 6.58. The zero-order valence-corrected chi connectivity index (χ0v) is 13.7. The van der Waals surface area contributed by atoms with Crippen molar-refractivity contribution < 1.29 is 4.74 Å². The van der Waals surface area contributed by atoms with E-state index < -0.39 is 0 Å². The summed E-state index contributed by atoms with van der Waals surface area (Å²) in [5.41, 5.74) is 2.53. The van der Waals surface area contributed by atoms with Gasteiger partial charge in [-0.15, -0.1) is 0 Å². The molecule has 0 saturated heterocycles. The average Bonchev–Trinajstić information content (AvgIpc) is 2.72. The lowest BCUT2D eigenvalue weighted by molar-refractivity contribution is 0.0532. The molecule has 1 aliphatic rings. The number of aromatic nitrogens is 2. The third-order valence-electron chi connectivity index (χ3n) is 4.12. The standard InChI is InChI=1S/C17H29N3O/c1-4-11-18-14-9-7-8-10-15-13(14)12-19-17(20-15)16(5-2)21-6-3/h12,14,16,18H,4-11H2,1-3H3. The first-order valence-corrected chi connectivity index (χ1v) is 8.50. The van der Waals surface area contributed by atoms with Crippen LogP contribution in [0.5, 0.6) is 0 Å². The van der Waals surface area contributed by atoms with E-state index in [1.54, 1.807) is 0 Å². The summed E-state index contributed by atoms with van der Waals surface area (Å²) >= 11 is 0. The van der Waals surface area contributed by atoms with Crippen molar-refractivity contribution in [1.82, 2.24) is 15.3 Å². The lowest BCUT2D eigenvalue weighted by atomic mass is 10.0. The van der Waals surface area contributed by atoms with Gasteiger partial charge >= 0.3 is 0 Å². The van der Waals surface area contributed by atoms with Crippen LogP contribution in [-0.4, -0.2) is 23.1 Å². The van der Waals surface area contributed by atoms with Gasteiger partial charge in [0.2, 0.25) is 0 Å². The van der Waals surface area contributed by atoms with Crippen molar-refractivity contribution in [3.05, 3.63) is 23.3 Å². The molecule has 0 aliphatic heterocycles. The van der Waals surface area contributed by atoms with Crippen LogP contribution in [0.15, 0.2) is 6.20 Å². The Labute approximate surface area is 128 Å². The van der Waals surface area contributed by atoms with E-state index in [1.165, 1.54) is 30.5 Å². The summed E-state index contributed by atoms with van der Waals surface area (Å²) in [6, 6.07) is 0.420. The van der Waals surface area contributed by atoms with Crippen LogP contribution in [0.1, 0.15) is 82.1 Å². The third kappa shape index (κ3) is 4.24. The monoisotopic (exact) mass is 291 g/mol. The number of aryl methyl sites for hydroxylation is 1. The fourth-order valence-electron chi connectivity index (χ4n) is 2.99. The first-order valence-electron chi connectivity index (χ1n) is 8.50. The van der Waals surface area contributed by atoms with E-state index in [4.69, 9.17) is 9.72 Å². The Morgan fingerprint density at radius 1 is 1.33 bits per heavy atom. The van der Waals surface area contributed by atoms with Gasteiger partial charge in [0.15, 0.2) is 5.82 Å². The molecule has 0 spiro atoms. The van der Waals surface area contributed by atoms with Crippen LogP contribution in [0.25, 0.3) is 0 Å². The van der Waals surface area contributed by atoms with Gasteiger partial charge in [0, 0.05) is 30.1 Å². The van der Waals surface area contributed by atoms with Crippen molar-refractivity contribution in [3.8, 4) is 0 Å². The van der Waals surface area contributed by atoms with Gasteiger partial charge in [-0.2, -0.15) is 0 Å². The maximum Gasteiger partial charge on any atom is 0.157 e. The zero-order valence-electron chi connectivity index (χ0n) is 13.7. The summed E-state index contributed by atoms with van der Waals surface area (Å²) in [6.45, 7) is 8.12. The molecule has 2 rings (SSSR count). The number of fused-ring (bicyclic) bond motifs is 1. The van der Waals surface area contributed by atoms with E-state index >= 15 is 0 Å². The Morgan fingerprint density at radius 3 is 2.90 bits per heavy atom. The van der Waals surface area contributed by atoms with E-state index in [0.29, 0.717) is 12.6 Å². The molecule has 2 atom stereocenters. The van der Waals surface area contributed by atoms with E-state index in [-0.39, 0.29) is 6.10 Å². The van der Waals surface area contributed by atoms with Crippen molar-refractivity contribution >= 4 is 0 Å². The van der Waals surface area contributed by atoms with Gasteiger partial charge in [0.05, 0.1) is 0 Å². The maximum absolute atomic E-state index is 5.75. The average molecular weight is 291 g/mol. The normalized spacial score (nSPS) is 19.9. The number of hydrogen-bond donors (Lipinski definition) is 1. The van der Waals surface area contributed by atoms with Gasteiger partial charge in [-0.3, -0.25) is 0 Å². The highest BCUT2D eigenvalue weighted by Gasteiger charge is 2.22. The molecule has 1 aromatic rings. The van der Waals surface area contributed by atoms with Gasteiger partial charge in [-0.05, 0) is 45.6 Å². The van der Waals surface area contributed by atoms with Crippen molar-refractivity contribution in [2.24, 2.45) is 0 Å². The highest BCUT2D eigenvalue weighted by Crippen LogP contribution is 2.28. The smallest absolute Gasteiger partial charge is 0.157 e. The molecule has 0 aromatic carbocycles. The Balaban J connectivity index is 2.22. The van der Waals surface area contributed by atoms with Gasteiger partial charge in [0.25, 0.3) is 0 Å². The highest BCUT2D eigenvalue weighted by atomic mass is 16.5. The summed E-state index contributed by atoms with van der Waals surface area (Å²) in [4.78, 5) is 9.45. The first-order chi connectivity index (χ1) is 10.3. The second-order valence-electron chi connectivity index (χ2n) is 5.73. The van der Waals surface area contributed by atoms with Crippen LogP contribution in [0, 0.1) is 0 Å². The van der Waals surface area contributed by atoms with Crippen LogP contribution >= 0.6 is 0 Å². The molecule has 4 nitrogen and oxygen atoms in total. The van der Waals surface area contributed by atoms with Crippen LogP contribution in [-0.2, 0) is 11.2 Å². The fraction of sp³-hybridized carbons (Fsp3) is 0.765. The van der Waals surface area contributed by atoms with Crippen LogP contribution in [0.4, 0.5) is 0 Å². The van der Waals surface area contributed by atoms with E-state index in [0.717, 1.165) is 31.6 Å². The SMILES string of the molecule is CCCNC1CCCCc2nc(C(CC)OCC)ncc21. The topological polar surface area (TPSA) is 47.0 Å². The second-order valence-corrected chi connectivity index (χ2v) is 5.73. The van der Waals surface area contributed by atoms with Crippen LogP contribution in [0.3, 0.4) is 0 Å². The Bertz CT molecular complexity index is 436. The first kappa shape index (κ1) is 16.4. The predicted octanol–water partition coefficient (Wildman–Crippen LogP) is 3.73. The molecule has 21 heavy (non-hydrogen) atoms. The van der Waals surface area contributed by atoms with Crippen molar-refractivity contribution in [2.45, 2.75) is 71.4 Å². The van der Waals surface area contributed by atoms with E-state index in [1.807, 2.05) is 13.1 Å². The van der Waals surface area contributed by atoms with Gasteiger partial charge in [-0.25, -0.2) is 9.97 Å². The lowest BCUT2D eigenvalue weighted by Crippen LogP contribution is -2.23. The molecule has 0 amide bonds. The van der Waals surface area contributed by atoms with Gasteiger partial charge in [-0.1, -0.05) is 20.3 Å². The van der Waals surface area contributed by atoms with Gasteiger partial charge < -0.3 is 10.1 Å². The molecule has 1 N–H and O–H groups in total. The summed E-state index contributed by atoms with van der Waals surface area (Å²) in [5, 5.41) is 3.64. The number of ether oxygens (including phenoxy) is 1.